The summed E-state index contributed by atoms with van der Waals surface area (Å²) >= 11 is 6.25. The largest absolute Gasteiger partial charge is 0.296 e. The lowest BCUT2D eigenvalue weighted by Gasteiger charge is -2.35. The minimum atomic E-state index is -0.328. The summed E-state index contributed by atoms with van der Waals surface area (Å²) in [5, 5.41) is 3.05. The number of carbonyl (C=O) groups is 2. The fourth-order valence-electron chi connectivity index (χ4n) is 3.22. The molecule has 1 aromatic rings. The van der Waals surface area contributed by atoms with E-state index in [1.807, 2.05) is 18.2 Å². The number of amides is 2. The normalized spacial score (nSPS) is 23.0. The van der Waals surface area contributed by atoms with E-state index in [2.05, 4.69) is 19.2 Å². The standard InChI is InChI=1S/C16H20ClNO2/c1-3-10(4-2)12-9-14(19)18-16(20)15(12)11-7-5-6-8-13(11)17/h5-8,10,12,15H,3-4,9H2,1-2H3,(H,18,19,20). The minimum Gasteiger partial charge on any atom is -0.296 e. The highest BCUT2D eigenvalue weighted by Gasteiger charge is 2.40. The molecule has 0 aromatic heterocycles. The maximum atomic E-state index is 12.3. The molecule has 1 aliphatic heterocycles. The molecule has 0 bridgehead atoms. The lowest BCUT2D eigenvalue weighted by atomic mass is 9.71. The summed E-state index contributed by atoms with van der Waals surface area (Å²) in [7, 11) is 0. The molecule has 4 heteroatoms. The number of piperidine rings is 1. The van der Waals surface area contributed by atoms with Gasteiger partial charge >= 0.3 is 0 Å². The van der Waals surface area contributed by atoms with Crippen LogP contribution in [-0.2, 0) is 9.59 Å². The fourth-order valence-corrected chi connectivity index (χ4v) is 3.48. The van der Waals surface area contributed by atoms with Gasteiger partial charge in [0, 0.05) is 11.4 Å². The molecular weight excluding hydrogens is 274 g/mol. The number of hydrogen-bond acceptors (Lipinski definition) is 2. The molecule has 1 N–H and O–H groups in total. The molecule has 1 aromatic carbocycles. The number of nitrogens with one attached hydrogen (secondary N) is 1. The third-order valence-corrected chi connectivity index (χ3v) is 4.63. The van der Waals surface area contributed by atoms with Gasteiger partial charge in [0.25, 0.3) is 0 Å². The molecule has 2 atom stereocenters. The first kappa shape index (κ1) is 15.0. The van der Waals surface area contributed by atoms with Gasteiger partial charge in [0.15, 0.2) is 0 Å². The Morgan fingerprint density at radius 3 is 2.50 bits per heavy atom. The number of rotatable bonds is 4. The molecule has 3 nitrogen and oxygen atoms in total. The lowest BCUT2D eigenvalue weighted by molar-refractivity contribution is -0.137. The van der Waals surface area contributed by atoms with Crippen LogP contribution < -0.4 is 5.32 Å². The van der Waals surface area contributed by atoms with Crippen molar-refractivity contribution in [2.24, 2.45) is 11.8 Å². The summed E-state index contributed by atoms with van der Waals surface area (Å²) in [6.07, 6.45) is 2.32. The van der Waals surface area contributed by atoms with Crippen LogP contribution in [0.3, 0.4) is 0 Å². The van der Waals surface area contributed by atoms with Gasteiger partial charge in [-0.25, -0.2) is 0 Å². The molecule has 1 heterocycles. The molecule has 1 saturated heterocycles. The smallest absolute Gasteiger partial charge is 0.234 e. The summed E-state index contributed by atoms with van der Waals surface area (Å²) < 4.78 is 0. The molecule has 0 spiro atoms. The quantitative estimate of drug-likeness (QED) is 0.863. The zero-order valence-corrected chi connectivity index (χ0v) is 12.6. The fraction of sp³-hybridized carbons (Fsp3) is 0.500. The third-order valence-electron chi connectivity index (χ3n) is 4.29. The first-order chi connectivity index (χ1) is 9.58. The van der Waals surface area contributed by atoms with Crippen LogP contribution in [0.25, 0.3) is 0 Å². The average Bonchev–Trinajstić information content (AvgIpc) is 2.41. The van der Waals surface area contributed by atoms with Gasteiger partial charge < -0.3 is 0 Å². The summed E-state index contributed by atoms with van der Waals surface area (Å²) in [6, 6.07) is 7.42. The molecule has 0 radical (unpaired) electrons. The molecule has 2 amide bonds. The van der Waals surface area contributed by atoms with Gasteiger partial charge in [-0.2, -0.15) is 0 Å². The number of benzene rings is 1. The molecule has 108 valence electrons. The summed E-state index contributed by atoms with van der Waals surface area (Å²) in [5.41, 5.74) is 0.830. The lowest BCUT2D eigenvalue weighted by Crippen LogP contribution is -2.46. The Bertz CT molecular complexity index is 511. The second kappa shape index (κ2) is 6.40. The zero-order chi connectivity index (χ0) is 14.7. The monoisotopic (exact) mass is 293 g/mol. The van der Waals surface area contributed by atoms with Crippen LogP contribution in [-0.4, -0.2) is 11.8 Å². The number of carbonyl (C=O) groups excluding carboxylic acids is 2. The van der Waals surface area contributed by atoms with Crippen LogP contribution in [0.5, 0.6) is 0 Å². The third kappa shape index (κ3) is 2.88. The maximum absolute atomic E-state index is 12.3. The van der Waals surface area contributed by atoms with Crippen molar-refractivity contribution < 1.29 is 9.59 Å². The van der Waals surface area contributed by atoms with Crippen molar-refractivity contribution in [2.75, 3.05) is 0 Å². The molecule has 0 aliphatic carbocycles. The predicted molar refractivity (Wildman–Crippen MR) is 79.5 cm³/mol. The van der Waals surface area contributed by atoms with E-state index in [0.29, 0.717) is 17.4 Å². The molecule has 2 rings (SSSR count). The van der Waals surface area contributed by atoms with E-state index in [0.717, 1.165) is 18.4 Å². The topological polar surface area (TPSA) is 46.2 Å². The second-order valence-electron chi connectivity index (χ2n) is 5.36. The highest BCUT2D eigenvalue weighted by Crippen LogP contribution is 2.40. The molecule has 1 aliphatic rings. The van der Waals surface area contributed by atoms with Crippen molar-refractivity contribution >= 4 is 23.4 Å². The van der Waals surface area contributed by atoms with Gasteiger partial charge in [-0.1, -0.05) is 56.5 Å². The Kier molecular flexibility index (Phi) is 4.81. The van der Waals surface area contributed by atoms with E-state index in [1.165, 1.54) is 0 Å². The molecular formula is C16H20ClNO2. The van der Waals surface area contributed by atoms with E-state index in [1.54, 1.807) is 6.07 Å². The van der Waals surface area contributed by atoms with Crippen LogP contribution in [0.2, 0.25) is 5.02 Å². The minimum absolute atomic E-state index is 0.0335. The van der Waals surface area contributed by atoms with Crippen LogP contribution in [0.15, 0.2) is 24.3 Å². The van der Waals surface area contributed by atoms with E-state index in [9.17, 15) is 9.59 Å². The van der Waals surface area contributed by atoms with Crippen LogP contribution in [0.4, 0.5) is 0 Å². The van der Waals surface area contributed by atoms with Gasteiger partial charge in [0.1, 0.15) is 0 Å². The van der Waals surface area contributed by atoms with Gasteiger partial charge in [-0.15, -0.1) is 0 Å². The molecule has 1 fully saturated rings. The average molecular weight is 294 g/mol. The van der Waals surface area contributed by atoms with Crippen molar-refractivity contribution in [3.05, 3.63) is 34.9 Å². The highest BCUT2D eigenvalue weighted by atomic mass is 35.5. The van der Waals surface area contributed by atoms with E-state index in [4.69, 9.17) is 11.6 Å². The first-order valence-corrected chi connectivity index (χ1v) is 7.54. The van der Waals surface area contributed by atoms with Gasteiger partial charge in [0.05, 0.1) is 5.92 Å². The predicted octanol–water partition coefficient (Wildman–Crippen LogP) is 3.52. The SMILES string of the molecule is CCC(CC)C1CC(=O)NC(=O)C1c1ccccc1Cl. The van der Waals surface area contributed by atoms with Crippen molar-refractivity contribution in [3.63, 3.8) is 0 Å². The Balaban J connectivity index is 2.42. The first-order valence-electron chi connectivity index (χ1n) is 7.16. The van der Waals surface area contributed by atoms with Gasteiger partial charge in [-0.3, -0.25) is 14.9 Å². The van der Waals surface area contributed by atoms with Crippen LogP contribution in [0.1, 0.15) is 44.6 Å². The molecule has 0 saturated carbocycles. The van der Waals surface area contributed by atoms with Crippen molar-refractivity contribution in [2.45, 2.75) is 39.0 Å². The van der Waals surface area contributed by atoms with E-state index >= 15 is 0 Å². The van der Waals surface area contributed by atoms with Gasteiger partial charge in [0.2, 0.25) is 11.8 Å². The summed E-state index contributed by atoms with van der Waals surface area (Å²) in [4.78, 5) is 24.0. The molecule has 20 heavy (non-hydrogen) atoms. The number of imide groups is 1. The Labute approximate surface area is 124 Å². The Morgan fingerprint density at radius 1 is 1.25 bits per heavy atom. The second-order valence-corrected chi connectivity index (χ2v) is 5.76. The molecule has 2 unspecified atom stereocenters. The maximum Gasteiger partial charge on any atom is 0.234 e. The highest BCUT2D eigenvalue weighted by molar-refractivity contribution is 6.31. The zero-order valence-electron chi connectivity index (χ0n) is 11.9. The van der Waals surface area contributed by atoms with Crippen molar-refractivity contribution in [1.82, 2.24) is 5.32 Å². The van der Waals surface area contributed by atoms with Crippen LogP contribution >= 0.6 is 11.6 Å². The Hall–Kier alpha value is -1.35. The summed E-state index contributed by atoms with van der Waals surface area (Å²) in [5.74, 6) is -0.329. The van der Waals surface area contributed by atoms with E-state index in [-0.39, 0.29) is 23.7 Å². The van der Waals surface area contributed by atoms with Crippen molar-refractivity contribution in [3.8, 4) is 0 Å². The number of halogens is 1. The number of hydrogen-bond donors (Lipinski definition) is 1. The van der Waals surface area contributed by atoms with Crippen molar-refractivity contribution in [1.29, 1.82) is 0 Å². The summed E-state index contributed by atoms with van der Waals surface area (Å²) in [6.45, 7) is 4.21. The van der Waals surface area contributed by atoms with E-state index < -0.39 is 0 Å². The van der Waals surface area contributed by atoms with Crippen LogP contribution in [0, 0.1) is 11.8 Å². The Morgan fingerprint density at radius 2 is 1.90 bits per heavy atom. The van der Waals surface area contributed by atoms with Gasteiger partial charge in [-0.05, 0) is 23.5 Å².